The number of phenolic OH excluding ortho intramolecular Hbond substituents is 1. The minimum absolute atomic E-state index is 0.0774. The van der Waals surface area contributed by atoms with Gasteiger partial charge in [0.2, 0.25) is 11.8 Å². The molecule has 41 heavy (non-hydrogen) atoms. The summed E-state index contributed by atoms with van der Waals surface area (Å²) in [5, 5.41) is 17.9. The molecule has 1 aromatic heterocycles. The highest BCUT2D eigenvalue weighted by atomic mass is 16.3. The van der Waals surface area contributed by atoms with Crippen LogP contribution in [0.3, 0.4) is 0 Å². The van der Waals surface area contributed by atoms with Gasteiger partial charge in [-0.3, -0.25) is 24.2 Å². The van der Waals surface area contributed by atoms with Crippen molar-refractivity contribution in [2.75, 3.05) is 0 Å². The van der Waals surface area contributed by atoms with Gasteiger partial charge in [0.05, 0.1) is 6.04 Å². The number of ketones is 1. The predicted molar refractivity (Wildman–Crippen MR) is 157 cm³/mol. The van der Waals surface area contributed by atoms with Gasteiger partial charge < -0.3 is 21.1 Å². The highest BCUT2D eigenvalue weighted by molar-refractivity contribution is 5.99. The van der Waals surface area contributed by atoms with Crippen LogP contribution in [0.25, 0.3) is 11.1 Å². The van der Waals surface area contributed by atoms with Gasteiger partial charge in [0.25, 0.3) is 5.91 Å². The maximum absolute atomic E-state index is 13.5. The molecule has 9 nitrogen and oxygen atoms in total. The summed E-state index contributed by atoms with van der Waals surface area (Å²) in [4.78, 5) is 56.2. The molecule has 0 fully saturated rings. The third-order valence-electron chi connectivity index (χ3n) is 6.72. The molecule has 0 saturated carbocycles. The smallest absolute Gasteiger partial charge is 0.251 e. The fourth-order valence-electron chi connectivity index (χ4n) is 4.30. The number of hydrogen-bond acceptors (Lipinski definition) is 6. The SMILES string of the molecule is CCCC(=O)[C@H](C)NC(=O)[C@H](Cc1ccc(O)cc1)NC(=O)[C@@H](NC(=O)c1ccc(-c2cccnc2)cc1)C(C)C. The second-order valence-electron chi connectivity index (χ2n) is 10.4. The molecule has 0 spiro atoms. The number of Topliss-reactive ketones (excluding diaryl/α,β-unsaturated/α-hetero) is 1. The first-order valence-electron chi connectivity index (χ1n) is 13.8. The maximum atomic E-state index is 13.5. The Bertz CT molecular complexity index is 1320. The number of nitrogens with zero attached hydrogens (tertiary/aromatic N) is 1. The molecule has 1 heterocycles. The molecule has 2 aromatic carbocycles. The number of pyridine rings is 1. The Labute approximate surface area is 240 Å². The van der Waals surface area contributed by atoms with E-state index in [2.05, 4.69) is 20.9 Å². The van der Waals surface area contributed by atoms with Crippen molar-refractivity contribution in [2.45, 2.75) is 65.1 Å². The normalized spacial score (nSPS) is 13.1. The Hall–Kier alpha value is -4.53. The van der Waals surface area contributed by atoms with Crippen LogP contribution in [0.4, 0.5) is 0 Å². The van der Waals surface area contributed by atoms with E-state index in [-0.39, 0.29) is 23.9 Å². The van der Waals surface area contributed by atoms with Gasteiger partial charge in [0, 0.05) is 30.8 Å². The van der Waals surface area contributed by atoms with Crippen molar-refractivity contribution in [1.82, 2.24) is 20.9 Å². The van der Waals surface area contributed by atoms with Gasteiger partial charge in [-0.1, -0.05) is 51.1 Å². The third kappa shape index (κ3) is 8.99. The van der Waals surface area contributed by atoms with Crippen molar-refractivity contribution in [3.05, 3.63) is 84.2 Å². The van der Waals surface area contributed by atoms with Crippen LogP contribution in [0.1, 0.15) is 56.5 Å². The average molecular weight is 559 g/mol. The fourth-order valence-corrected chi connectivity index (χ4v) is 4.30. The molecule has 0 radical (unpaired) electrons. The van der Waals surface area contributed by atoms with E-state index in [1.165, 1.54) is 12.1 Å². The van der Waals surface area contributed by atoms with Gasteiger partial charge >= 0.3 is 0 Å². The van der Waals surface area contributed by atoms with Crippen LogP contribution in [-0.2, 0) is 20.8 Å². The molecule has 0 saturated heterocycles. The van der Waals surface area contributed by atoms with Gasteiger partial charge in [-0.2, -0.15) is 0 Å². The zero-order valence-corrected chi connectivity index (χ0v) is 23.9. The Morgan fingerprint density at radius 1 is 0.829 bits per heavy atom. The first-order valence-corrected chi connectivity index (χ1v) is 13.8. The van der Waals surface area contributed by atoms with Crippen molar-refractivity contribution >= 4 is 23.5 Å². The number of hydrogen-bond donors (Lipinski definition) is 4. The summed E-state index contributed by atoms with van der Waals surface area (Å²) in [6.45, 7) is 7.11. The summed E-state index contributed by atoms with van der Waals surface area (Å²) in [6.07, 6.45) is 4.55. The number of amides is 3. The minimum atomic E-state index is -1.01. The summed E-state index contributed by atoms with van der Waals surface area (Å²) in [7, 11) is 0. The van der Waals surface area contributed by atoms with Crippen molar-refractivity contribution in [3.8, 4) is 16.9 Å². The van der Waals surface area contributed by atoms with Gasteiger partial charge in [0.15, 0.2) is 5.78 Å². The molecule has 9 heteroatoms. The lowest BCUT2D eigenvalue weighted by Crippen LogP contribution is -2.57. The molecule has 0 aliphatic rings. The van der Waals surface area contributed by atoms with Crippen LogP contribution in [0, 0.1) is 5.92 Å². The van der Waals surface area contributed by atoms with Crippen LogP contribution in [0.2, 0.25) is 0 Å². The summed E-state index contributed by atoms with van der Waals surface area (Å²) in [6, 6.07) is 14.4. The number of rotatable bonds is 13. The van der Waals surface area contributed by atoms with E-state index in [0.717, 1.165) is 11.1 Å². The lowest BCUT2D eigenvalue weighted by atomic mass is 9.99. The van der Waals surface area contributed by atoms with Crippen LogP contribution in [-0.4, -0.2) is 51.7 Å². The lowest BCUT2D eigenvalue weighted by Gasteiger charge is -2.26. The number of nitrogens with one attached hydrogen (secondary N) is 3. The second-order valence-corrected chi connectivity index (χ2v) is 10.4. The van der Waals surface area contributed by atoms with Gasteiger partial charge in [-0.05, 0) is 66.3 Å². The first kappa shape index (κ1) is 31.0. The highest BCUT2D eigenvalue weighted by Gasteiger charge is 2.30. The Morgan fingerprint density at radius 2 is 1.51 bits per heavy atom. The third-order valence-corrected chi connectivity index (χ3v) is 6.72. The largest absolute Gasteiger partial charge is 0.508 e. The number of aromatic hydroxyl groups is 1. The van der Waals surface area contributed by atoms with E-state index >= 15 is 0 Å². The zero-order chi connectivity index (χ0) is 29.9. The molecular weight excluding hydrogens is 520 g/mol. The molecule has 4 N–H and O–H groups in total. The van der Waals surface area contributed by atoms with Gasteiger partial charge in [-0.25, -0.2) is 0 Å². The van der Waals surface area contributed by atoms with E-state index in [1.807, 2.05) is 31.2 Å². The molecule has 216 valence electrons. The summed E-state index contributed by atoms with van der Waals surface area (Å²) < 4.78 is 0. The second kappa shape index (κ2) is 14.7. The van der Waals surface area contributed by atoms with Crippen LogP contribution in [0.5, 0.6) is 5.75 Å². The molecule has 3 atom stereocenters. The van der Waals surface area contributed by atoms with Crippen LogP contribution >= 0.6 is 0 Å². The standard InChI is InChI=1S/C32H38N4O5/c1-5-7-28(38)21(4)34-31(40)27(18-22-9-15-26(37)16-10-22)35-32(41)29(20(2)3)36-30(39)24-13-11-23(12-14-24)25-8-6-17-33-19-25/h6,8-17,19-21,27,29,37H,5,7,18H2,1-4H3,(H,34,40)(H,35,41)(H,36,39)/t21-,27-,29-/m0/s1. The van der Waals surface area contributed by atoms with Gasteiger partial charge in [-0.15, -0.1) is 0 Å². The topological polar surface area (TPSA) is 137 Å². The number of benzene rings is 2. The van der Waals surface area contributed by atoms with Crippen molar-refractivity contribution < 1.29 is 24.3 Å². The van der Waals surface area contributed by atoms with Crippen LogP contribution in [0.15, 0.2) is 73.1 Å². The molecule has 0 bridgehead atoms. The number of phenols is 1. The fraction of sp³-hybridized carbons (Fsp3) is 0.344. The Balaban J connectivity index is 1.74. The van der Waals surface area contributed by atoms with Crippen LogP contribution < -0.4 is 16.0 Å². The molecule has 0 aliphatic carbocycles. The Kier molecular flexibility index (Phi) is 11.1. The Morgan fingerprint density at radius 3 is 2.10 bits per heavy atom. The number of aromatic nitrogens is 1. The van der Waals surface area contributed by atoms with Crippen molar-refractivity contribution in [1.29, 1.82) is 0 Å². The minimum Gasteiger partial charge on any atom is -0.508 e. The quantitative estimate of drug-likeness (QED) is 0.252. The van der Waals surface area contributed by atoms with E-state index in [1.54, 1.807) is 57.4 Å². The maximum Gasteiger partial charge on any atom is 0.251 e. The number of carbonyl (C=O) groups is 4. The van der Waals surface area contributed by atoms with E-state index in [0.29, 0.717) is 24.0 Å². The molecule has 0 unspecified atom stereocenters. The predicted octanol–water partition coefficient (Wildman–Crippen LogP) is 3.81. The molecule has 3 rings (SSSR count). The van der Waals surface area contributed by atoms with Crippen molar-refractivity contribution in [3.63, 3.8) is 0 Å². The molecule has 3 amide bonds. The number of carbonyl (C=O) groups excluding carboxylic acids is 4. The average Bonchev–Trinajstić information content (AvgIpc) is 2.96. The first-order chi connectivity index (χ1) is 19.6. The van der Waals surface area contributed by atoms with Gasteiger partial charge in [0.1, 0.15) is 17.8 Å². The molecular formula is C32H38N4O5. The highest BCUT2D eigenvalue weighted by Crippen LogP contribution is 2.19. The summed E-state index contributed by atoms with van der Waals surface area (Å²) in [5.41, 5.74) is 2.91. The lowest BCUT2D eigenvalue weighted by molar-refractivity contribution is -0.132. The van der Waals surface area contributed by atoms with E-state index < -0.39 is 35.8 Å². The van der Waals surface area contributed by atoms with E-state index in [4.69, 9.17) is 0 Å². The van der Waals surface area contributed by atoms with Crippen molar-refractivity contribution in [2.24, 2.45) is 5.92 Å². The van der Waals surface area contributed by atoms with E-state index in [9.17, 15) is 24.3 Å². The molecule has 0 aliphatic heterocycles. The summed E-state index contributed by atoms with van der Waals surface area (Å²) in [5.74, 6) is -1.76. The summed E-state index contributed by atoms with van der Waals surface area (Å²) >= 11 is 0. The molecule has 3 aromatic rings. The zero-order valence-electron chi connectivity index (χ0n) is 23.9. The monoisotopic (exact) mass is 558 g/mol.